The predicted molar refractivity (Wildman–Crippen MR) is 65.6 cm³/mol. The first-order chi connectivity index (χ1) is 6.75. The molecule has 0 aromatic heterocycles. The fourth-order valence-corrected chi connectivity index (χ4v) is 2.01. The van der Waals surface area contributed by atoms with Gasteiger partial charge in [-0.25, -0.2) is 0 Å². The van der Waals surface area contributed by atoms with Crippen LogP contribution < -0.4 is 0 Å². The lowest BCUT2D eigenvalue weighted by atomic mass is 9.83. The van der Waals surface area contributed by atoms with E-state index in [4.69, 9.17) is 11.6 Å². The molecule has 0 radical (unpaired) electrons. The Bertz CT molecular complexity index is 364. The molecule has 0 heterocycles. The third-order valence-electron chi connectivity index (χ3n) is 2.72. The summed E-state index contributed by atoms with van der Waals surface area (Å²) in [5.74, 6) is 0.325. The van der Waals surface area contributed by atoms with E-state index in [0.717, 1.165) is 16.7 Å². The van der Waals surface area contributed by atoms with Crippen LogP contribution in [0.25, 0.3) is 0 Å². The van der Waals surface area contributed by atoms with Crippen LogP contribution in [0.5, 0.6) is 5.75 Å². The van der Waals surface area contributed by atoms with Crippen molar-refractivity contribution in [1.29, 1.82) is 0 Å². The molecule has 2 heteroatoms. The maximum absolute atomic E-state index is 9.68. The maximum Gasteiger partial charge on any atom is 0.118 e. The first-order valence-corrected chi connectivity index (χ1v) is 5.62. The molecule has 84 valence electrons. The fraction of sp³-hybridized carbons (Fsp3) is 0.538. The molecule has 0 spiro atoms. The molecule has 15 heavy (non-hydrogen) atoms. The van der Waals surface area contributed by atoms with Crippen LogP contribution in [0.2, 0.25) is 0 Å². The van der Waals surface area contributed by atoms with E-state index in [1.165, 1.54) is 0 Å². The highest BCUT2D eigenvalue weighted by atomic mass is 35.5. The molecular formula is C13H19ClO. The molecule has 0 aliphatic carbocycles. The second kappa shape index (κ2) is 4.05. The van der Waals surface area contributed by atoms with Crippen LogP contribution in [0.4, 0.5) is 0 Å². The van der Waals surface area contributed by atoms with Gasteiger partial charge in [-0.05, 0) is 42.0 Å². The van der Waals surface area contributed by atoms with E-state index in [-0.39, 0.29) is 10.8 Å². The average molecular weight is 227 g/mol. The van der Waals surface area contributed by atoms with Gasteiger partial charge >= 0.3 is 0 Å². The molecule has 1 nitrogen and oxygen atoms in total. The van der Waals surface area contributed by atoms with Crippen LogP contribution in [0.1, 0.15) is 42.8 Å². The summed E-state index contributed by atoms with van der Waals surface area (Å²) >= 11 is 6.45. The highest BCUT2D eigenvalue weighted by Crippen LogP contribution is 2.42. The summed E-state index contributed by atoms with van der Waals surface area (Å²) in [4.78, 5) is 0. The van der Waals surface area contributed by atoms with Gasteiger partial charge in [0.15, 0.2) is 0 Å². The van der Waals surface area contributed by atoms with E-state index in [0.29, 0.717) is 5.75 Å². The second-order valence-electron chi connectivity index (χ2n) is 5.17. The molecule has 1 unspecified atom stereocenters. The lowest BCUT2D eigenvalue weighted by Gasteiger charge is -2.28. The van der Waals surface area contributed by atoms with Crippen molar-refractivity contribution in [3.8, 4) is 5.75 Å². The fourth-order valence-electron chi connectivity index (χ4n) is 1.68. The number of phenols is 1. The Morgan fingerprint density at radius 2 is 1.73 bits per heavy atom. The highest BCUT2D eigenvalue weighted by Gasteiger charge is 2.27. The van der Waals surface area contributed by atoms with Gasteiger partial charge in [-0.15, -0.1) is 11.6 Å². The van der Waals surface area contributed by atoms with Crippen molar-refractivity contribution < 1.29 is 5.11 Å². The number of benzene rings is 1. The zero-order valence-corrected chi connectivity index (χ0v) is 10.8. The van der Waals surface area contributed by atoms with Gasteiger partial charge in [-0.2, -0.15) is 0 Å². The van der Waals surface area contributed by atoms with Gasteiger partial charge in [0, 0.05) is 0 Å². The molecule has 0 saturated carbocycles. The van der Waals surface area contributed by atoms with Crippen LogP contribution in [-0.2, 0) is 0 Å². The Morgan fingerprint density at radius 3 is 2.20 bits per heavy atom. The van der Waals surface area contributed by atoms with Crippen molar-refractivity contribution in [2.45, 2.75) is 40.0 Å². The quantitative estimate of drug-likeness (QED) is 0.707. The minimum absolute atomic E-state index is 0.00906. The number of phenolic OH excluding ortho intramolecular Hbond substituents is 1. The van der Waals surface area contributed by atoms with Gasteiger partial charge < -0.3 is 5.11 Å². The number of hydrogen-bond acceptors (Lipinski definition) is 1. The Kier molecular flexibility index (Phi) is 3.34. The summed E-state index contributed by atoms with van der Waals surface area (Å²) in [5, 5.41) is 9.60. The number of hydrogen-bond donors (Lipinski definition) is 1. The molecule has 0 aliphatic heterocycles. The summed E-state index contributed by atoms with van der Waals surface area (Å²) in [7, 11) is 0. The Labute approximate surface area is 97.1 Å². The first-order valence-electron chi connectivity index (χ1n) is 5.18. The van der Waals surface area contributed by atoms with E-state index in [9.17, 15) is 5.11 Å². The monoisotopic (exact) mass is 226 g/mol. The van der Waals surface area contributed by atoms with Gasteiger partial charge in [-0.1, -0.05) is 26.8 Å². The average Bonchev–Trinajstić information content (AvgIpc) is 2.10. The molecule has 0 amide bonds. The minimum Gasteiger partial charge on any atom is -0.508 e. The van der Waals surface area contributed by atoms with E-state index in [2.05, 4.69) is 20.8 Å². The van der Waals surface area contributed by atoms with E-state index in [1.807, 2.05) is 19.9 Å². The Morgan fingerprint density at radius 1 is 1.20 bits per heavy atom. The number of rotatable bonds is 1. The maximum atomic E-state index is 9.68. The number of alkyl halides is 1. The molecule has 0 fully saturated rings. The van der Waals surface area contributed by atoms with Gasteiger partial charge in [0.05, 0.1) is 5.38 Å². The van der Waals surface area contributed by atoms with Gasteiger partial charge in [0.1, 0.15) is 5.75 Å². The SMILES string of the molecule is Cc1ccc(O)c(C)c1C(Cl)C(C)(C)C. The summed E-state index contributed by atoms with van der Waals surface area (Å²) in [6.45, 7) is 10.3. The van der Waals surface area contributed by atoms with Crippen LogP contribution in [0.15, 0.2) is 12.1 Å². The zero-order chi connectivity index (χ0) is 11.8. The normalized spacial score (nSPS) is 14.0. The van der Waals surface area contributed by atoms with Gasteiger partial charge in [-0.3, -0.25) is 0 Å². The molecule has 0 bridgehead atoms. The molecule has 0 aliphatic rings. The number of aromatic hydroxyl groups is 1. The van der Waals surface area contributed by atoms with E-state index >= 15 is 0 Å². The third kappa shape index (κ3) is 2.46. The summed E-state index contributed by atoms with van der Waals surface area (Å²) in [5.41, 5.74) is 3.08. The molecule has 1 aromatic rings. The van der Waals surface area contributed by atoms with Crippen LogP contribution >= 0.6 is 11.6 Å². The van der Waals surface area contributed by atoms with Crippen molar-refractivity contribution >= 4 is 11.6 Å². The Hall–Kier alpha value is -0.690. The lowest BCUT2D eigenvalue weighted by molar-refractivity contribution is 0.391. The molecule has 1 rings (SSSR count). The van der Waals surface area contributed by atoms with Crippen molar-refractivity contribution in [1.82, 2.24) is 0 Å². The predicted octanol–water partition coefficient (Wildman–Crippen LogP) is 4.34. The van der Waals surface area contributed by atoms with E-state index in [1.54, 1.807) is 6.07 Å². The zero-order valence-electron chi connectivity index (χ0n) is 10.1. The molecule has 0 saturated heterocycles. The van der Waals surface area contributed by atoms with Crippen LogP contribution in [0, 0.1) is 19.3 Å². The van der Waals surface area contributed by atoms with Crippen molar-refractivity contribution in [3.05, 3.63) is 28.8 Å². The summed E-state index contributed by atoms with van der Waals surface area (Å²) < 4.78 is 0. The van der Waals surface area contributed by atoms with Gasteiger partial charge in [0.25, 0.3) is 0 Å². The minimum atomic E-state index is -0.0791. The van der Waals surface area contributed by atoms with Gasteiger partial charge in [0.2, 0.25) is 0 Å². The molecule has 1 aromatic carbocycles. The Balaban J connectivity index is 3.31. The smallest absolute Gasteiger partial charge is 0.118 e. The second-order valence-corrected chi connectivity index (χ2v) is 5.61. The van der Waals surface area contributed by atoms with Crippen LogP contribution in [-0.4, -0.2) is 5.11 Å². The molecule has 1 N–H and O–H groups in total. The van der Waals surface area contributed by atoms with Crippen molar-refractivity contribution in [3.63, 3.8) is 0 Å². The highest BCUT2D eigenvalue weighted by molar-refractivity contribution is 6.21. The third-order valence-corrected chi connectivity index (χ3v) is 3.59. The largest absolute Gasteiger partial charge is 0.508 e. The number of halogens is 1. The van der Waals surface area contributed by atoms with E-state index < -0.39 is 0 Å². The molecular weight excluding hydrogens is 208 g/mol. The summed E-state index contributed by atoms with van der Waals surface area (Å²) in [6.07, 6.45) is 0. The lowest BCUT2D eigenvalue weighted by Crippen LogP contribution is -2.15. The van der Waals surface area contributed by atoms with Crippen molar-refractivity contribution in [2.75, 3.05) is 0 Å². The summed E-state index contributed by atoms with van der Waals surface area (Å²) in [6, 6.07) is 3.64. The first kappa shape index (κ1) is 12.4. The topological polar surface area (TPSA) is 20.2 Å². The van der Waals surface area contributed by atoms with Crippen molar-refractivity contribution in [2.24, 2.45) is 5.41 Å². The molecule has 1 atom stereocenters. The van der Waals surface area contributed by atoms with Crippen LogP contribution in [0.3, 0.4) is 0 Å². The standard InChI is InChI=1S/C13H19ClO/c1-8-6-7-10(15)9(2)11(8)12(14)13(3,4)5/h6-7,12,15H,1-5H3. The number of aryl methyl sites for hydroxylation is 1.